The Balaban J connectivity index is 3.01. The van der Waals surface area contributed by atoms with E-state index in [1.54, 1.807) is 12.1 Å². The van der Waals surface area contributed by atoms with E-state index in [0.29, 0.717) is 12.6 Å². The van der Waals surface area contributed by atoms with Crippen LogP contribution in [0.25, 0.3) is 0 Å². The first kappa shape index (κ1) is 16.4. The molecule has 0 radical (unpaired) electrons. The summed E-state index contributed by atoms with van der Waals surface area (Å²) in [7, 11) is 3.88. The number of hydrogen-bond donors (Lipinski definition) is 1. The van der Waals surface area contributed by atoms with Crippen molar-refractivity contribution in [2.75, 3.05) is 19.4 Å². The fourth-order valence-corrected chi connectivity index (χ4v) is 2.14. The van der Waals surface area contributed by atoms with Crippen molar-refractivity contribution >= 4 is 11.4 Å². The Bertz CT molecular complexity index is 480. The van der Waals surface area contributed by atoms with Gasteiger partial charge in [0.2, 0.25) is 0 Å². The SMILES string of the molecule is CNc1ccc([N+](=O)[O-])cc1CN(C)C(C)C(C)(C)C. The summed E-state index contributed by atoms with van der Waals surface area (Å²) in [4.78, 5) is 12.8. The van der Waals surface area contributed by atoms with Gasteiger partial charge in [0.05, 0.1) is 4.92 Å². The average molecular weight is 279 g/mol. The lowest BCUT2D eigenvalue weighted by Gasteiger charge is -2.35. The van der Waals surface area contributed by atoms with Crippen LogP contribution in [0.5, 0.6) is 0 Å². The molecule has 5 nitrogen and oxygen atoms in total. The van der Waals surface area contributed by atoms with E-state index in [1.165, 1.54) is 6.07 Å². The van der Waals surface area contributed by atoms with Gasteiger partial charge in [0, 0.05) is 37.5 Å². The molecule has 0 amide bonds. The number of rotatable bonds is 5. The fourth-order valence-electron chi connectivity index (χ4n) is 2.14. The van der Waals surface area contributed by atoms with Gasteiger partial charge in [-0.3, -0.25) is 15.0 Å². The highest BCUT2D eigenvalue weighted by Gasteiger charge is 2.24. The van der Waals surface area contributed by atoms with E-state index in [9.17, 15) is 10.1 Å². The fraction of sp³-hybridized carbons (Fsp3) is 0.600. The Morgan fingerprint density at radius 1 is 1.40 bits per heavy atom. The van der Waals surface area contributed by atoms with Crippen molar-refractivity contribution in [3.63, 3.8) is 0 Å². The highest BCUT2D eigenvalue weighted by atomic mass is 16.6. The first-order valence-corrected chi connectivity index (χ1v) is 6.82. The van der Waals surface area contributed by atoms with Crippen LogP contribution in [-0.4, -0.2) is 30.0 Å². The van der Waals surface area contributed by atoms with Gasteiger partial charge in [-0.15, -0.1) is 0 Å². The minimum Gasteiger partial charge on any atom is -0.388 e. The second-order valence-electron chi connectivity index (χ2n) is 6.31. The summed E-state index contributed by atoms with van der Waals surface area (Å²) in [6.07, 6.45) is 0. The number of nitrogens with one attached hydrogen (secondary N) is 1. The van der Waals surface area contributed by atoms with Crippen molar-refractivity contribution in [1.29, 1.82) is 0 Å². The summed E-state index contributed by atoms with van der Waals surface area (Å²) in [6, 6.07) is 5.31. The summed E-state index contributed by atoms with van der Waals surface area (Å²) >= 11 is 0. The number of nitro groups is 1. The molecule has 0 bridgehead atoms. The van der Waals surface area contributed by atoms with Gasteiger partial charge in [0.25, 0.3) is 5.69 Å². The minimum atomic E-state index is -0.351. The van der Waals surface area contributed by atoms with Crippen LogP contribution < -0.4 is 5.32 Å². The number of anilines is 1. The second-order valence-corrected chi connectivity index (χ2v) is 6.31. The van der Waals surface area contributed by atoms with E-state index >= 15 is 0 Å². The summed E-state index contributed by atoms with van der Waals surface area (Å²) in [6.45, 7) is 9.44. The maximum atomic E-state index is 10.9. The van der Waals surface area contributed by atoms with Gasteiger partial charge in [-0.25, -0.2) is 0 Å². The Hall–Kier alpha value is -1.62. The van der Waals surface area contributed by atoms with E-state index in [-0.39, 0.29) is 16.0 Å². The predicted octanol–water partition coefficient (Wildman–Crippen LogP) is 3.50. The van der Waals surface area contributed by atoms with Crippen molar-refractivity contribution in [3.05, 3.63) is 33.9 Å². The van der Waals surface area contributed by atoms with Gasteiger partial charge in [-0.1, -0.05) is 20.8 Å². The predicted molar refractivity (Wildman–Crippen MR) is 83.0 cm³/mol. The lowest BCUT2D eigenvalue weighted by atomic mass is 9.87. The average Bonchev–Trinajstić information content (AvgIpc) is 2.36. The van der Waals surface area contributed by atoms with E-state index in [1.807, 2.05) is 14.1 Å². The number of non-ortho nitro benzene ring substituents is 1. The van der Waals surface area contributed by atoms with Crippen molar-refractivity contribution in [2.45, 2.75) is 40.3 Å². The molecule has 1 atom stereocenters. The van der Waals surface area contributed by atoms with Crippen LogP contribution in [-0.2, 0) is 6.54 Å². The topological polar surface area (TPSA) is 58.4 Å². The molecule has 0 aromatic heterocycles. The lowest BCUT2D eigenvalue weighted by molar-refractivity contribution is -0.384. The Labute approximate surface area is 121 Å². The van der Waals surface area contributed by atoms with E-state index in [4.69, 9.17) is 0 Å². The zero-order valence-corrected chi connectivity index (χ0v) is 13.2. The first-order valence-electron chi connectivity index (χ1n) is 6.82. The molecule has 112 valence electrons. The third-order valence-electron chi connectivity index (χ3n) is 3.90. The van der Waals surface area contributed by atoms with Crippen LogP contribution >= 0.6 is 0 Å². The molecule has 1 N–H and O–H groups in total. The van der Waals surface area contributed by atoms with Gasteiger partial charge < -0.3 is 5.32 Å². The number of hydrogen-bond acceptors (Lipinski definition) is 4. The van der Waals surface area contributed by atoms with Gasteiger partial charge in [-0.2, -0.15) is 0 Å². The van der Waals surface area contributed by atoms with Crippen LogP contribution in [0, 0.1) is 15.5 Å². The maximum absolute atomic E-state index is 10.9. The van der Waals surface area contributed by atoms with E-state index in [2.05, 4.69) is 37.9 Å². The van der Waals surface area contributed by atoms with Gasteiger partial charge in [0.15, 0.2) is 0 Å². The molecule has 0 aliphatic carbocycles. The summed E-state index contributed by atoms with van der Waals surface area (Å²) in [5.74, 6) is 0. The largest absolute Gasteiger partial charge is 0.388 e. The molecule has 1 rings (SSSR count). The molecule has 5 heteroatoms. The zero-order valence-electron chi connectivity index (χ0n) is 13.2. The van der Waals surface area contributed by atoms with Crippen LogP contribution in [0.15, 0.2) is 18.2 Å². The van der Waals surface area contributed by atoms with Gasteiger partial charge >= 0.3 is 0 Å². The first-order chi connectivity index (χ1) is 9.16. The molecule has 0 aliphatic heterocycles. The van der Waals surface area contributed by atoms with Crippen molar-refractivity contribution in [1.82, 2.24) is 4.90 Å². The summed E-state index contributed by atoms with van der Waals surface area (Å²) in [5, 5.41) is 14.0. The molecular formula is C15H25N3O2. The second kappa shape index (κ2) is 6.22. The maximum Gasteiger partial charge on any atom is 0.269 e. The molecule has 0 aliphatic rings. The quantitative estimate of drug-likeness (QED) is 0.662. The highest BCUT2D eigenvalue weighted by Crippen LogP contribution is 2.27. The Morgan fingerprint density at radius 3 is 2.45 bits per heavy atom. The number of nitrogens with zero attached hydrogens (tertiary/aromatic N) is 2. The molecule has 0 saturated heterocycles. The summed E-state index contributed by atoms with van der Waals surface area (Å²) < 4.78 is 0. The van der Waals surface area contributed by atoms with Crippen LogP contribution in [0.3, 0.4) is 0 Å². The third-order valence-corrected chi connectivity index (χ3v) is 3.90. The molecule has 0 heterocycles. The molecule has 1 unspecified atom stereocenters. The standard InChI is InChI=1S/C15H25N3O2/c1-11(15(2,3)4)17(6)10-12-9-13(18(19)20)7-8-14(12)16-5/h7-9,11,16H,10H2,1-6H3. The molecule has 0 fully saturated rings. The zero-order chi connectivity index (χ0) is 15.5. The van der Waals surface area contributed by atoms with Crippen LogP contribution in [0.4, 0.5) is 11.4 Å². The minimum absolute atomic E-state index is 0.135. The summed E-state index contributed by atoms with van der Waals surface area (Å²) in [5.41, 5.74) is 2.18. The molecule has 0 saturated carbocycles. The monoisotopic (exact) mass is 279 g/mol. The number of nitro benzene ring substituents is 1. The third kappa shape index (κ3) is 3.93. The molecular weight excluding hydrogens is 254 g/mol. The van der Waals surface area contributed by atoms with E-state index in [0.717, 1.165) is 11.3 Å². The molecule has 1 aromatic rings. The van der Waals surface area contributed by atoms with Crippen molar-refractivity contribution < 1.29 is 4.92 Å². The molecule has 20 heavy (non-hydrogen) atoms. The van der Waals surface area contributed by atoms with Gasteiger partial charge in [-0.05, 0) is 31.0 Å². The van der Waals surface area contributed by atoms with Crippen molar-refractivity contribution in [3.8, 4) is 0 Å². The molecule has 0 spiro atoms. The lowest BCUT2D eigenvalue weighted by Crippen LogP contribution is -2.38. The van der Waals surface area contributed by atoms with Gasteiger partial charge in [0.1, 0.15) is 0 Å². The van der Waals surface area contributed by atoms with Crippen LogP contribution in [0.2, 0.25) is 0 Å². The highest BCUT2D eigenvalue weighted by molar-refractivity contribution is 5.55. The molecule has 1 aromatic carbocycles. The Kier molecular flexibility index (Phi) is 5.11. The van der Waals surface area contributed by atoms with Crippen LogP contribution in [0.1, 0.15) is 33.3 Å². The number of benzene rings is 1. The van der Waals surface area contributed by atoms with Crippen molar-refractivity contribution in [2.24, 2.45) is 5.41 Å². The smallest absolute Gasteiger partial charge is 0.269 e. The van der Waals surface area contributed by atoms with E-state index < -0.39 is 0 Å². The Morgan fingerprint density at radius 2 is 2.00 bits per heavy atom. The normalized spacial score (nSPS) is 13.3.